The van der Waals surface area contributed by atoms with Crippen molar-refractivity contribution in [3.8, 4) is 0 Å². The summed E-state index contributed by atoms with van der Waals surface area (Å²) < 4.78 is 22.4. The number of hydrogen-bond acceptors (Lipinski definition) is 14. The average Bonchev–Trinajstić information content (AvgIpc) is 4.00. The zero-order valence-electron chi connectivity index (χ0n) is 31.9. The standard InChI is InChI=1S/C40H52O18/c41-27-7-1-19-17(27)3-9-29(19)55-34(45)14-23(37(48)49)24(38(50)51)15-35(46)57-31-11-5-22-21(31)6-12-32(22)58-40(54)26(13-33(43)44)25(39(52)53)16-36(47)56-30-10-4-18-20(30)2-8-28(18)42/h14,17-22,24-32,41-42H,1-13,15-16H2,(H,43,44)(H,48,49)(H,50,51)(H,52,53)/b23-14-/t17-,18-,19-,20-,21-,22-,24?,25?,26?,27+,28+,29-,30+,31+,32+/m0/s1. The number of esters is 4. The van der Waals surface area contributed by atoms with Crippen LogP contribution in [0.25, 0.3) is 0 Å². The number of aliphatic hydroxyl groups is 2. The summed E-state index contributed by atoms with van der Waals surface area (Å²) in [6.07, 6.45) is 0.344. The third kappa shape index (κ3) is 9.48. The largest absolute Gasteiger partial charge is 0.481 e. The van der Waals surface area contributed by atoms with Crippen LogP contribution in [0.2, 0.25) is 0 Å². The first-order valence-electron chi connectivity index (χ1n) is 20.3. The topological polar surface area (TPSA) is 295 Å². The Balaban J connectivity index is 1.03. The van der Waals surface area contributed by atoms with Gasteiger partial charge in [-0.1, -0.05) is 0 Å². The lowest BCUT2D eigenvalue weighted by atomic mass is 9.86. The Hall–Kier alpha value is -4.58. The number of aliphatic hydroxyl groups excluding tert-OH is 2. The fourth-order valence-corrected chi connectivity index (χ4v) is 11.1. The normalized spacial score (nSPS) is 35.2. The maximum absolute atomic E-state index is 13.5. The van der Waals surface area contributed by atoms with Gasteiger partial charge in [0.2, 0.25) is 0 Å². The lowest BCUT2D eigenvalue weighted by molar-refractivity contribution is -0.169. The van der Waals surface area contributed by atoms with Crippen LogP contribution in [-0.4, -0.2) is 115 Å². The van der Waals surface area contributed by atoms with Gasteiger partial charge in [0.25, 0.3) is 0 Å². The molecule has 6 N–H and O–H groups in total. The second-order valence-electron chi connectivity index (χ2n) is 16.9. The Morgan fingerprint density at radius 2 is 0.914 bits per heavy atom. The second-order valence-corrected chi connectivity index (χ2v) is 16.9. The summed E-state index contributed by atoms with van der Waals surface area (Å²) >= 11 is 0. The van der Waals surface area contributed by atoms with Crippen LogP contribution in [0.15, 0.2) is 11.6 Å². The molecule has 15 atom stereocenters. The second kappa shape index (κ2) is 18.1. The van der Waals surface area contributed by atoms with E-state index in [0.29, 0.717) is 70.3 Å². The van der Waals surface area contributed by atoms with E-state index in [2.05, 4.69) is 0 Å². The smallest absolute Gasteiger partial charge is 0.332 e. The maximum Gasteiger partial charge on any atom is 0.332 e. The zero-order valence-corrected chi connectivity index (χ0v) is 31.9. The fraction of sp³-hybridized carbons (Fsp3) is 0.750. The van der Waals surface area contributed by atoms with Crippen molar-refractivity contribution in [1.29, 1.82) is 0 Å². The SMILES string of the molecule is O=C(O)CC(C(=O)O[C@@H]1CC[C@H]2[C@@H]1CC[C@H]2OC(=O)CC(C(=O)O)/C(=C/C(=O)O[C@H]1CC[C@H]2[C@@H]1CC[C@H]2O)C(=O)O)C(CC(=O)O[C@@H]1CC[C@H]2[C@@H]1CC[C@H]2O)C(=O)O. The molecule has 0 aromatic heterocycles. The number of rotatable bonds is 17. The molecule has 0 radical (unpaired) electrons. The average molecular weight is 821 g/mol. The molecular formula is C40H52O18. The third-order valence-corrected chi connectivity index (χ3v) is 13.8. The Morgan fingerprint density at radius 3 is 1.38 bits per heavy atom. The highest BCUT2D eigenvalue weighted by molar-refractivity contribution is 6.01. The summed E-state index contributed by atoms with van der Waals surface area (Å²) in [6.45, 7) is 0. The van der Waals surface area contributed by atoms with Crippen LogP contribution in [-0.2, 0) is 57.3 Å². The summed E-state index contributed by atoms with van der Waals surface area (Å²) in [6, 6.07) is 0. The molecule has 3 unspecified atom stereocenters. The van der Waals surface area contributed by atoms with Gasteiger partial charge in [0.1, 0.15) is 24.4 Å². The molecule has 0 aromatic carbocycles. The molecule has 320 valence electrons. The first kappa shape index (κ1) is 43.0. The quantitative estimate of drug-likeness (QED) is 0.0695. The van der Waals surface area contributed by atoms with E-state index in [0.717, 1.165) is 0 Å². The van der Waals surface area contributed by atoms with Gasteiger partial charge in [-0.3, -0.25) is 28.8 Å². The molecule has 0 heterocycles. The molecule has 0 spiro atoms. The molecule has 6 saturated carbocycles. The number of carboxylic acids is 4. The van der Waals surface area contributed by atoms with E-state index in [9.17, 15) is 69.0 Å². The van der Waals surface area contributed by atoms with Gasteiger partial charge in [0, 0.05) is 29.7 Å². The van der Waals surface area contributed by atoms with Crippen LogP contribution in [0.5, 0.6) is 0 Å². The molecule has 6 aliphatic carbocycles. The Kier molecular flexibility index (Phi) is 13.4. The van der Waals surface area contributed by atoms with Gasteiger partial charge in [-0.2, -0.15) is 0 Å². The van der Waals surface area contributed by atoms with Crippen molar-refractivity contribution in [2.45, 2.75) is 133 Å². The van der Waals surface area contributed by atoms with E-state index in [-0.39, 0.29) is 48.3 Å². The minimum absolute atomic E-state index is 0.0123. The maximum atomic E-state index is 13.5. The minimum Gasteiger partial charge on any atom is -0.481 e. The van der Waals surface area contributed by atoms with Crippen molar-refractivity contribution in [3.05, 3.63) is 11.6 Å². The van der Waals surface area contributed by atoms with Gasteiger partial charge in [-0.15, -0.1) is 0 Å². The van der Waals surface area contributed by atoms with Gasteiger partial charge < -0.3 is 49.6 Å². The van der Waals surface area contributed by atoms with Crippen LogP contribution >= 0.6 is 0 Å². The van der Waals surface area contributed by atoms with Crippen molar-refractivity contribution in [2.75, 3.05) is 0 Å². The van der Waals surface area contributed by atoms with E-state index >= 15 is 0 Å². The summed E-state index contributed by atoms with van der Waals surface area (Å²) in [5.74, 6) is -17.0. The number of carbonyl (C=O) groups is 8. The van der Waals surface area contributed by atoms with E-state index in [1.165, 1.54) is 0 Å². The highest BCUT2D eigenvalue weighted by atomic mass is 16.6. The van der Waals surface area contributed by atoms with E-state index < -0.39 is 127 Å². The molecule has 6 fully saturated rings. The summed E-state index contributed by atoms with van der Waals surface area (Å²) in [5.41, 5.74) is -0.864. The number of carbonyl (C=O) groups excluding carboxylic acids is 4. The summed E-state index contributed by atoms with van der Waals surface area (Å²) in [4.78, 5) is 101. The molecule has 58 heavy (non-hydrogen) atoms. The van der Waals surface area contributed by atoms with Crippen LogP contribution in [0.4, 0.5) is 0 Å². The zero-order chi connectivity index (χ0) is 42.0. The predicted molar refractivity (Wildman–Crippen MR) is 191 cm³/mol. The molecule has 0 aromatic rings. The first-order chi connectivity index (χ1) is 27.5. The van der Waals surface area contributed by atoms with Crippen molar-refractivity contribution in [2.24, 2.45) is 53.3 Å². The Morgan fingerprint density at radius 1 is 0.483 bits per heavy atom. The van der Waals surface area contributed by atoms with Crippen LogP contribution < -0.4 is 0 Å². The van der Waals surface area contributed by atoms with E-state index in [4.69, 9.17) is 18.9 Å². The van der Waals surface area contributed by atoms with Gasteiger partial charge in [-0.25, -0.2) is 9.59 Å². The molecule has 18 heteroatoms. The van der Waals surface area contributed by atoms with Crippen molar-refractivity contribution in [3.63, 3.8) is 0 Å². The lowest BCUT2D eigenvalue weighted by Gasteiger charge is -2.26. The number of carboxylic acid groups (broad SMARTS) is 4. The lowest BCUT2D eigenvalue weighted by Crippen LogP contribution is -2.38. The first-order valence-corrected chi connectivity index (χ1v) is 20.3. The van der Waals surface area contributed by atoms with Gasteiger partial charge in [-0.05, 0) is 88.9 Å². The fourth-order valence-electron chi connectivity index (χ4n) is 11.1. The molecule has 18 nitrogen and oxygen atoms in total. The highest BCUT2D eigenvalue weighted by Crippen LogP contribution is 2.49. The van der Waals surface area contributed by atoms with Crippen LogP contribution in [0.1, 0.15) is 96.3 Å². The summed E-state index contributed by atoms with van der Waals surface area (Å²) in [7, 11) is 0. The van der Waals surface area contributed by atoms with E-state index in [1.807, 2.05) is 0 Å². The van der Waals surface area contributed by atoms with Crippen molar-refractivity contribution in [1.82, 2.24) is 0 Å². The molecule has 0 aliphatic heterocycles. The molecule has 0 saturated heterocycles. The molecule has 6 rings (SSSR count). The molecule has 6 aliphatic rings. The van der Waals surface area contributed by atoms with Gasteiger partial charge in [0.05, 0.1) is 54.8 Å². The van der Waals surface area contributed by atoms with Crippen LogP contribution in [0.3, 0.4) is 0 Å². The molecule has 0 amide bonds. The van der Waals surface area contributed by atoms with Crippen molar-refractivity contribution < 1.29 is 87.9 Å². The summed E-state index contributed by atoms with van der Waals surface area (Å²) in [5, 5.41) is 59.7. The molecule has 0 bridgehead atoms. The van der Waals surface area contributed by atoms with Crippen LogP contribution in [0, 0.1) is 53.3 Å². The molecular weight excluding hydrogens is 768 g/mol. The number of aliphatic carboxylic acids is 4. The Labute approximate surface area is 333 Å². The predicted octanol–water partition coefficient (Wildman–Crippen LogP) is 2.10. The number of fused-ring (bicyclic) bond motifs is 3. The van der Waals surface area contributed by atoms with Crippen molar-refractivity contribution >= 4 is 47.8 Å². The third-order valence-electron chi connectivity index (χ3n) is 13.8. The number of hydrogen-bond donors (Lipinski definition) is 6. The van der Waals surface area contributed by atoms with E-state index in [1.54, 1.807) is 0 Å². The number of ether oxygens (including phenoxy) is 4. The minimum atomic E-state index is -1.95. The highest BCUT2D eigenvalue weighted by Gasteiger charge is 2.51. The Bertz CT molecular complexity index is 1670. The van der Waals surface area contributed by atoms with Gasteiger partial charge >= 0.3 is 47.8 Å². The van der Waals surface area contributed by atoms with Gasteiger partial charge in [0.15, 0.2) is 0 Å². The monoisotopic (exact) mass is 820 g/mol.